The van der Waals surface area contributed by atoms with E-state index in [1.54, 1.807) is 6.20 Å². The Morgan fingerprint density at radius 1 is 1.17 bits per heavy atom. The van der Waals surface area contributed by atoms with Crippen molar-refractivity contribution in [3.63, 3.8) is 0 Å². The predicted octanol–water partition coefficient (Wildman–Crippen LogP) is 3.70. The summed E-state index contributed by atoms with van der Waals surface area (Å²) in [5, 5.41) is 4.51. The van der Waals surface area contributed by atoms with Gasteiger partial charge in [-0.1, -0.05) is 12.8 Å². The van der Waals surface area contributed by atoms with Crippen LogP contribution >= 0.6 is 0 Å². The Bertz CT molecular complexity index is 1070. The second-order valence-corrected chi connectivity index (χ2v) is 8.59. The van der Waals surface area contributed by atoms with Crippen LogP contribution in [-0.4, -0.2) is 41.2 Å². The topological polar surface area (TPSA) is 68.8 Å². The number of aryl methyl sites for hydroxylation is 2. The van der Waals surface area contributed by atoms with Crippen molar-refractivity contribution in [2.45, 2.75) is 71.0 Å². The summed E-state index contributed by atoms with van der Waals surface area (Å²) in [5.74, 6) is 0.0416. The van der Waals surface area contributed by atoms with E-state index in [0.717, 1.165) is 41.0 Å². The summed E-state index contributed by atoms with van der Waals surface area (Å²) in [7, 11) is 1.95. The molecule has 0 spiro atoms. The molecule has 3 heterocycles. The van der Waals surface area contributed by atoms with Crippen LogP contribution in [0.4, 0.5) is 0 Å². The Kier molecular flexibility index (Phi) is 4.41. The lowest BCUT2D eigenvalue weighted by Gasteiger charge is -2.23. The van der Waals surface area contributed by atoms with Gasteiger partial charge in [-0.2, -0.15) is 5.10 Å². The van der Waals surface area contributed by atoms with E-state index in [2.05, 4.69) is 26.6 Å². The molecular formula is C22H28N6O. The van der Waals surface area contributed by atoms with Crippen LogP contribution in [0.15, 0.2) is 18.6 Å². The summed E-state index contributed by atoms with van der Waals surface area (Å²) in [6.07, 6.45) is 10.7. The fourth-order valence-electron chi connectivity index (χ4n) is 4.62. The Labute approximate surface area is 170 Å². The number of pyridine rings is 1. The number of carbonyl (C=O) groups is 1. The van der Waals surface area contributed by atoms with Crippen LogP contribution in [0.3, 0.4) is 0 Å². The van der Waals surface area contributed by atoms with Crippen LogP contribution in [0.5, 0.6) is 0 Å². The van der Waals surface area contributed by atoms with E-state index >= 15 is 0 Å². The minimum atomic E-state index is 0.0416. The van der Waals surface area contributed by atoms with Crippen molar-refractivity contribution in [3.05, 3.63) is 41.1 Å². The van der Waals surface area contributed by atoms with Gasteiger partial charge >= 0.3 is 0 Å². The lowest BCUT2D eigenvalue weighted by Crippen LogP contribution is -2.33. The molecule has 7 nitrogen and oxygen atoms in total. The van der Waals surface area contributed by atoms with E-state index in [1.807, 2.05) is 35.9 Å². The molecule has 0 saturated heterocycles. The molecule has 7 heteroatoms. The van der Waals surface area contributed by atoms with Gasteiger partial charge in [0.1, 0.15) is 5.52 Å². The van der Waals surface area contributed by atoms with Crippen LogP contribution in [0, 0.1) is 13.8 Å². The molecule has 0 aromatic carbocycles. The molecule has 5 rings (SSSR count). The number of aromatic nitrogens is 5. The summed E-state index contributed by atoms with van der Waals surface area (Å²) in [6.45, 7) is 4.68. The molecular weight excluding hydrogens is 364 g/mol. The van der Waals surface area contributed by atoms with Gasteiger partial charge in [-0.25, -0.2) is 9.97 Å². The van der Waals surface area contributed by atoms with Crippen molar-refractivity contribution in [3.8, 4) is 0 Å². The average Bonchev–Trinajstić information content (AvgIpc) is 3.14. The third-order valence-corrected chi connectivity index (χ3v) is 6.61. The number of imidazole rings is 1. The number of amides is 1. The Balaban J connectivity index is 1.44. The van der Waals surface area contributed by atoms with E-state index in [1.165, 1.54) is 25.7 Å². The largest absolute Gasteiger partial charge is 0.331 e. The first-order valence-electron chi connectivity index (χ1n) is 10.7. The Hall–Kier alpha value is -2.70. The molecule has 3 aromatic rings. The SMILES string of the molecule is Cc1nn(C)c(C)c1CN(C(=O)c1cnc2c(c1)ncn2C1CCCC1)C1CC1. The highest BCUT2D eigenvalue weighted by Gasteiger charge is 2.34. The van der Waals surface area contributed by atoms with E-state index in [0.29, 0.717) is 24.2 Å². The first kappa shape index (κ1) is 18.3. The van der Waals surface area contributed by atoms with Gasteiger partial charge in [0.05, 0.1) is 17.6 Å². The number of hydrogen-bond acceptors (Lipinski definition) is 4. The third-order valence-electron chi connectivity index (χ3n) is 6.61. The van der Waals surface area contributed by atoms with Crippen LogP contribution in [0.2, 0.25) is 0 Å². The van der Waals surface area contributed by atoms with Gasteiger partial charge in [0.2, 0.25) is 0 Å². The van der Waals surface area contributed by atoms with Crippen molar-refractivity contribution in [1.29, 1.82) is 0 Å². The molecule has 3 aromatic heterocycles. The molecule has 1 amide bonds. The minimum Gasteiger partial charge on any atom is -0.331 e. The van der Waals surface area contributed by atoms with Crippen LogP contribution < -0.4 is 0 Å². The zero-order chi connectivity index (χ0) is 20.1. The van der Waals surface area contributed by atoms with Gasteiger partial charge in [0.15, 0.2) is 5.65 Å². The van der Waals surface area contributed by atoms with Crippen LogP contribution in [0.1, 0.15) is 71.9 Å². The number of nitrogens with zero attached hydrogens (tertiary/aromatic N) is 6. The molecule has 29 heavy (non-hydrogen) atoms. The van der Waals surface area contributed by atoms with Crippen molar-refractivity contribution in [1.82, 2.24) is 29.2 Å². The first-order valence-corrected chi connectivity index (χ1v) is 10.7. The normalized spacial score (nSPS) is 17.3. The molecule has 2 aliphatic rings. The van der Waals surface area contributed by atoms with Crippen molar-refractivity contribution >= 4 is 17.1 Å². The second-order valence-electron chi connectivity index (χ2n) is 8.59. The minimum absolute atomic E-state index is 0.0416. The highest BCUT2D eigenvalue weighted by atomic mass is 16.2. The zero-order valence-electron chi connectivity index (χ0n) is 17.4. The standard InChI is InChI=1S/C22H28N6O/c1-14-19(15(2)26(3)25-14)12-27(18-8-9-18)22(29)16-10-20-21(23-11-16)28(13-24-20)17-6-4-5-7-17/h10-11,13,17-18H,4-9,12H2,1-3H3. The second kappa shape index (κ2) is 6.97. The van der Waals surface area contributed by atoms with Crippen LogP contribution in [0.25, 0.3) is 11.2 Å². The fraction of sp³-hybridized carbons (Fsp3) is 0.545. The number of hydrogen-bond donors (Lipinski definition) is 0. The maximum Gasteiger partial charge on any atom is 0.256 e. The van der Waals surface area contributed by atoms with Crippen molar-refractivity contribution < 1.29 is 4.79 Å². The third kappa shape index (κ3) is 3.22. The molecule has 0 aliphatic heterocycles. The summed E-state index contributed by atoms with van der Waals surface area (Å²) in [5.41, 5.74) is 5.59. The molecule has 0 N–H and O–H groups in total. The smallest absolute Gasteiger partial charge is 0.256 e. The Morgan fingerprint density at radius 3 is 2.59 bits per heavy atom. The van der Waals surface area contributed by atoms with E-state index in [4.69, 9.17) is 0 Å². The lowest BCUT2D eigenvalue weighted by molar-refractivity contribution is 0.0729. The number of carbonyl (C=O) groups excluding carboxylic acids is 1. The van der Waals surface area contributed by atoms with E-state index in [-0.39, 0.29) is 5.91 Å². The quantitative estimate of drug-likeness (QED) is 0.664. The molecule has 0 atom stereocenters. The first-order chi connectivity index (χ1) is 14.0. The molecule has 0 radical (unpaired) electrons. The van der Waals surface area contributed by atoms with Gasteiger partial charge in [-0.15, -0.1) is 0 Å². The summed E-state index contributed by atoms with van der Waals surface area (Å²) >= 11 is 0. The molecule has 0 unspecified atom stereocenters. The fourth-order valence-corrected chi connectivity index (χ4v) is 4.62. The monoisotopic (exact) mass is 392 g/mol. The Morgan fingerprint density at radius 2 is 1.93 bits per heavy atom. The average molecular weight is 393 g/mol. The lowest BCUT2D eigenvalue weighted by atomic mass is 10.1. The molecule has 152 valence electrons. The van der Waals surface area contributed by atoms with Crippen molar-refractivity contribution in [2.75, 3.05) is 0 Å². The van der Waals surface area contributed by atoms with Gasteiger partial charge in [0.25, 0.3) is 5.91 Å². The van der Waals surface area contributed by atoms with Crippen molar-refractivity contribution in [2.24, 2.45) is 7.05 Å². The van der Waals surface area contributed by atoms with Gasteiger partial charge in [0, 0.05) is 43.1 Å². The summed E-state index contributed by atoms with van der Waals surface area (Å²) in [4.78, 5) is 24.6. The van der Waals surface area contributed by atoms with E-state index in [9.17, 15) is 4.79 Å². The molecule has 0 bridgehead atoms. The van der Waals surface area contributed by atoms with Crippen LogP contribution in [-0.2, 0) is 13.6 Å². The summed E-state index contributed by atoms with van der Waals surface area (Å²) < 4.78 is 4.08. The molecule has 2 fully saturated rings. The number of rotatable bonds is 5. The number of fused-ring (bicyclic) bond motifs is 1. The zero-order valence-corrected chi connectivity index (χ0v) is 17.4. The van der Waals surface area contributed by atoms with E-state index < -0.39 is 0 Å². The predicted molar refractivity (Wildman–Crippen MR) is 111 cm³/mol. The maximum atomic E-state index is 13.4. The molecule has 2 saturated carbocycles. The maximum absolute atomic E-state index is 13.4. The highest BCUT2D eigenvalue weighted by Crippen LogP contribution is 2.33. The summed E-state index contributed by atoms with van der Waals surface area (Å²) in [6, 6.07) is 2.72. The molecule has 2 aliphatic carbocycles. The van der Waals surface area contributed by atoms with Gasteiger partial charge in [-0.3, -0.25) is 9.48 Å². The van der Waals surface area contributed by atoms with Gasteiger partial charge < -0.3 is 9.47 Å². The highest BCUT2D eigenvalue weighted by molar-refractivity contribution is 5.96. The van der Waals surface area contributed by atoms with Gasteiger partial charge in [-0.05, 0) is 45.6 Å².